The topological polar surface area (TPSA) is 35.9 Å². The van der Waals surface area contributed by atoms with Crippen LogP contribution in [0.1, 0.15) is 47.1 Å². The molecule has 1 N–H and O–H groups in total. The van der Waals surface area contributed by atoms with Crippen LogP contribution in [0, 0.1) is 0 Å². The van der Waals surface area contributed by atoms with Gasteiger partial charge in [-0.1, -0.05) is 66.7 Å². The summed E-state index contributed by atoms with van der Waals surface area (Å²) in [7, 11) is 0. The molecule has 0 aliphatic carbocycles. The number of benzene rings is 3. The molecule has 1 saturated heterocycles. The number of fused-ring (bicyclic) bond motifs is 1. The maximum absolute atomic E-state index is 10.2. The van der Waals surface area contributed by atoms with Crippen LogP contribution in [0.15, 0.2) is 78.9 Å². The molecule has 1 unspecified atom stereocenters. The fourth-order valence-electron chi connectivity index (χ4n) is 5.54. The first kappa shape index (κ1) is 23.1. The minimum Gasteiger partial charge on any atom is -0.489 e. The molecule has 0 saturated carbocycles. The fourth-order valence-corrected chi connectivity index (χ4v) is 5.54. The number of aliphatic hydroxyl groups is 1. The number of nitrogens with zero attached hydrogens (tertiary/aromatic N) is 2. The number of aliphatic hydroxyl groups excluding tert-OH is 1. The Labute approximate surface area is 203 Å². The van der Waals surface area contributed by atoms with Crippen LogP contribution in [-0.4, -0.2) is 54.2 Å². The molecule has 5 rings (SSSR count). The van der Waals surface area contributed by atoms with Crippen molar-refractivity contribution in [2.24, 2.45) is 0 Å². The zero-order valence-electron chi connectivity index (χ0n) is 20.0. The van der Waals surface area contributed by atoms with E-state index in [9.17, 15) is 5.11 Å². The van der Waals surface area contributed by atoms with E-state index in [0.29, 0.717) is 12.5 Å². The Morgan fingerprint density at radius 3 is 2.29 bits per heavy atom. The van der Waals surface area contributed by atoms with E-state index < -0.39 is 0 Å². The molecular weight excluding hydrogens is 420 g/mol. The molecule has 0 bridgehead atoms. The lowest BCUT2D eigenvalue weighted by Gasteiger charge is -2.39. The minimum absolute atomic E-state index is 0.0776. The van der Waals surface area contributed by atoms with E-state index in [0.717, 1.165) is 44.9 Å². The van der Waals surface area contributed by atoms with Gasteiger partial charge in [0.15, 0.2) is 0 Å². The number of likely N-dealkylation sites (tertiary alicyclic amines) is 1. The lowest BCUT2D eigenvalue weighted by molar-refractivity contribution is 0.0947. The number of ether oxygens (including phenoxy) is 1. The second-order valence-electron chi connectivity index (χ2n) is 9.65. The van der Waals surface area contributed by atoms with Crippen molar-refractivity contribution in [3.8, 4) is 5.75 Å². The van der Waals surface area contributed by atoms with Gasteiger partial charge in [-0.15, -0.1) is 0 Å². The lowest BCUT2D eigenvalue weighted by atomic mass is 9.89. The van der Waals surface area contributed by atoms with Gasteiger partial charge in [0, 0.05) is 19.6 Å². The van der Waals surface area contributed by atoms with Crippen LogP contribution >= 0.6 is 0 Å². The molecule has 0 spiro atoms. The van der Waals surface area contributed by atoms with Crippen molar-refractivity contribution >= 4 is 0 Å². The average Bonchev–Trinajstić information content (AvgIpc) is 2.91. The molecule has 0 aromatic heterocycles. The molecule has 3 aromatic rings. The Hall–Kier alpha value is -2.66. The predicted octanol–water partition coefficient (Wildman–Crippen LogP) is 5.04. The third kappa shape index (κ3) is 5.52. The Morgan fingerprint density at radius 1 is 0.824 bits per heavy atom. The molecule has 2 heterocycles. The lowest BCUT2D eigenvalue weighted by Crippen LogP contribution is -2.43. The van der Waals surface area contributed by atoms with E-state index in [1.54, 1.807) is 0 Å². The van der Waals surface area contributed by atoms with Crippen LogP contribution in [0.5, 0.6) is 5.75 Å². The summed E-state index contributed by atoms with van der Waals surface area (Å²) < 4.78 is 6.04. The Kier molecular flexibility index (Phi) is 7.59. The first-order valence-electron chi connectivity index (χ1n) is 12.7. The molecular formula is C30H36N2O2. The summed E-state index contributed by atoms with van der Waals surface area (Å²) in [6.45, 7) is 6.13. The Balaban J connectivity index is 1.14. The highest BCUT2D eigenvalue weighted by Crippen LogP contribution is 2.33. The van der Waals surface area contributed by atoms with Crippen LogP contribution in [0.4, 0.5) is 0 Å². The van der Waals surface area contributed by atoms with Crippen LogP contribution in [-0.2, 0) is 13.0 Å². The third-order valence-electron chi connectivity index (χ3n) is 7.57. The van der Waals surface area contributed by atoms with Crippen LogP contribution in [0.25, 0.3) is 0 Å². The van der Waals surface area contributed by atoms with Crippen LogP contribution < -0.4 is 4.74 Å². The zero-order chi connectivity index (χ0) is 23.2. The van der Waals surface area contributed by atoms with Crippen molar-refractivity contribution in [1.82, 2.24) is 9.80 Å². The highest BCUT2D eigenvalue weighted by molar-refractivity contribution is 5.39. The van der Waals surface area contributed by atoms with Crippen molar-refractivity contribution in [3.63, 3.8) is 0 Å². The monoisotopic (exact) mass is 456 g/mol. The average molecular weight is 457 g/mol. The van der Waals surface area contributed by atoms with Crippen LogP contribution in [0.3, 0.4) is 0 Å². The Morgan fingerprint density at radius 2 is 1.56 bits per heavy atom. The molecule has 4 nitrogen and oxygen atoms in total. The van der Waals surface area contributed by atoms with Gasteiger partial charge in [0.1, 0.15) is 12.4 Å². The second-order valence-corrected chi connectivity index (χ2v) is 9.65. The minimum atomic E-state index is 0.0776. The van der Waals surface area contributed by atoms with Gasteiger partial charge in [-0.05, 0) is 72.7 Å². The maximum atomic E-state index is 10.2. The standard InChI is InChI=1S/C30H36N2O2/c33-22-30-29-12-11-28(34-23-24-7-3-1-4-8-24)21-27(29)15-18-32(30)20-19-31-16-13-26(14-17-31)25-9-5-2-6-10-25/h1-12,21,26,30,33H,13-20,22-23H2. The highest BCUT2D eigenvalue weighted by Gasteiger charge is 2.28. The van der Waals surface area contributed by atoms with E-state index in [4.69, 9.17) is 4.74 Å². The van der Waals surface area contributed by atoms with Crippen molar-refractivity contribution in [2.75, 3.05) is 39.3 Å². The zero-order valence-corrected chi connectivity index (χ0v) is 20.0. The summed E-state index contributed by atoms with van der Waals surface area (Å²) >= 11 is 0. The number of hydrogen-bond donors (Lipinski definition) is 1. The summed E-state index contributed by atoms with van der Waals surface area (Å²) in [6.07, 6.45) is 3.48. The molecule has 3 aromatic carbocycles. The highest BCUT2D eigenvalue weighted by atomic mass is 16.5. The first-order chi connectivity index (χ1) is 16.8. The molecule has 4 heteroatoms. The van der Waals surface area contributed by atoms with Crippen LogP contribution in [0.2, 0.25) is 0 Å². The molecule has 2 aliphatic rings. The summed E-state index contributed by atoms with van der Waals surface area (Å²) in [5.74, 6) is 1.61. The molecule has 34 heavy (non-hydrogen) atoms. The number of rotatable bonds is 8. The summed E-state index contributed by atoms with van der Waals surface area (Å²) in [4.78, 5) is 5.07. The van der Waals surface area contributed by atoms with Gasteiger partial charge in [0.2, 0.25) is 0 Å². The molecule has 1 fully saturated rings. The van der Waals surface area contributed by atoms with E-state index in [2.05, 4.69) is 70.5 Å². The first-order valence-corrected chi connectivity index (χ1v) is 12.7. The molecule has 178 valence electrons. The van der Waals surface area contributed by atoms with Gasteiger partial charge in [0.25, 0.3) is 0 Å². The number of piperidine rings is 1. The summed E-state index contributed by atoms with van der Waals surface area (Å²) in [5, 5.41) is 10.2. The van der Waals surface area contributed by atoms with Crippen molar-refractivity contribution in [3.05, 3.63) is 101 Å². The number of hydrogen-bond acceptors (Lipinski definition) is 4. The second kappa shape index (κ2) is 11.2. The molecule has 2 aliphatic heterocycles. The van der Waals surface area contributed by atoms with Crippen molar-refractivity contribution in [1.29, 1.82) is 0 Å². The fraction of sp³-hybridized carbons (Fsp3) is 0.400. The molecule has 0 radical (unpaired) electrons. The maximum Gasteiger partial charge on any atom is 0.120 e. The third-order valence-corrected chi connectivity index (χ3v) is 7.57. The van der Waals surface area contributed by atoms with Gasteiger partial charge < -0.3 is 14.7 Å². The summed E-state index contributed by atoms with van der Waals surface area (Å²) in [5.41, 5.74) is 5.22. The van der Waals surface area contributed by atoms with E-state index >= 15 is 0 Å². The van der Waals surface area contributed by atoms with Gasteiger partial charge in [-0.25, -0.2) is 0 Å². The van der Waals surface area contributed by atoms with Gasteiger partial charge in [-0.3, -0.25) is 4.90 Å². The van der Waals surface area contributed by atoms with E-state index in [1.165, 1.54) is 35.1 Å². The SMILES string of the molecule is OCC1c2ccc(OCc3ccccc3)cc2CCN1CCN1CCC(c2ccccc2)CC1. The Bertz CT molecular complexity index is 1030. The summed E-state index contributed by atoms with van der Waals surface area (Å²) in [6, 6.07) is 27.7. The van der Waals surface area contributed by atoms with E-state index in [1.807, 2.05) is 18.2 Å². The quantitative estimate of drug-likeness (QED) is 0.515. The van der Waals surface area contributed by atoms with Crippen molar-refractivity contribution in [2.45, 2.75) is 37.8 Å². The predicted molar refractivity (Wildman–Crippen MR) is 137 cm³/mol. The largest absolute Gasteiger partial charge is 0.489 e. The smallest absolute Gasteiger partial charge is 0.120 e. The van der Waals surface area contributed by atoms with Gasteiger partial charge in [0.05, 0.1) is 12.6 Å². The van der Waals surface area contributed by atoms with E-state index in [-0.39, 0.29) is 12.6 Å². The van der Waals surface area contributed by atoms with Gasteiger partial charge in [-0.2, -0.15) is 0 Å². The molecule has 1 atom stereocenters. The van der Waals surface area contributed by atoms with Gasteiger partial charge >= 0.3 is 0 Å². The van der Waals surface area contributed by atoms with Crippen molar-refractivity contribution < 1.29 is 9.84 Å². The normalized spacial score (nSPS) is 19.6. The molecule has 0 amide bonds.